The first-order valence-corrected chi connectivity index (χ1v) is 8.45. The first-order chi connectivity index (χ1) is 9.98. The summed E-state index contributed by atoms with van der Waals surface area (Å²) >= 11 is 1.59. The minimum Gasteiger partial charge on any atom is -0.393 e. The molecule has 114 valence electrons. The quantitative estimate of drug-likeness (QED) is 0.855. The number of fused-ring (bicyclic) bond motifs is 1. The van der Waals surface area contributed by atoms with Gasteiger partial charge in [0, 0.05) is 24.0 Å². The van der Waals surface area contributed by atoms with Crippen LogP contribution in [0.1, 0.15) is 43.3 Å². The van der Waals surface area contributed by atoms with Crippen molar-refractivity contribution in [3.05, 3.63) is 22.2 Å². The number of hydrogen-bond acceptors (Lipinski definition) is 4. The zero-order valence-corrected chi connectivity index (χ0v) is 13.4. The third-order valence-corrected chi connectivity index (χ3v) is 5.69. The van der Waals surface area contributed by atoms with E-state index in [1.165, 1.54) is 0 Å². The van der Waals surface area contributed by atoms with E-state index in [1.54, 1.807) is 23.5 Å². The van der Waals surface area contributed by atoms with Gasteiger partial charge >= 0.3 is 0 Å². The lowest BCUT2D eigenvalue weighted by Gasteiger charge is -2.41. The molecule has 2 heterocycles. The Labute approximate surface area is 129 Å². The van der Waals surface area contributed by atoms with Crippen LogP contribution in [0.3, 0.4) is 0 Å². The standard InChI is InChI=1S/C16H22N2O2S/c1-11-17-12(10-21-11)3-6-15(20)18-8-7-16(2)9-13(19)4-5-14(16)18/h3,6,10,13-14,19H,4-5,7-9H2,1-2H3/b6-3+/t13-,14-,16+/m1/s1. The van der Waals surface area contributed by atoms with Crippen LogP contribution in [0.15, 0.2) is 11.5 Å². The predicted octanol–water partition coefficient (Wildman–Crippen LogP) is 2.62. The van der Waals surface area contributed by atoms with Crippen LogP contribution in [0.5, 0.6) is 0 Å². The molecule has 0 unspecified atom stereocenters. The summed E-state index contributed by atoms with van der Waals surface area (Å²) in [4.78, 5) is 18.8. The van der Waals surface area contributed by atoms with E-state index in [4.69, 9.17) is 0 Å². The van der Waals surface area contributed by atoms with Gasteiger partial charge < -0.3 is 10.0 Å². The molecule has 1 aliphatic heterocycles. The second-order valence-electron chi connectivity index (χ2n) is 6.51. The Kier molecular flexibility index (Phi) is 3.88. The highest BCUT2D eigenvalue weighted by Gasteiger charge is 2.48. The zero-order valence-electron chi connectivity index (χ0n) is 12.6. The molecule has 4 nitrogen and oxygen atoms in total. The number of aliphatic hydroxyl groups excluding tert-OH is 1. The SMILES string of the molecule is Cc1nc(/C=C/C(=O)N2CC[C@@]3(C)C[C@H](O)CC[C@@H]23)cs1. The summed E-state index contributed by atoms with van der Waals surface area (Å²) < 4.78 is 0. The van der Waals surface area contributed by atoms with Gasteiger partial charge in [0.15, 0.2) is 0 Å². The molecule has 1 aromatic rings. The number of carbonyl (C=O) groups excluding carboxylic acids is 1. The molecule has 0 aromatic carbocycles. The van der Waals surface area contributed by atoms with Gasteiger partial charge in [-0.25, -0.2) is 4.98 Å². The van der Waals surface area contributed by atoms with E-state index >= 15 is 0 Å². The average Bonchev–Trinajstić information content (AvgIpc) is 2.98. The fourth-order valence-electron chi connectivity index (χ4n) is 3.78. The minimum atomic E-state index is -0.199. The molecule has 1 saturated carbocycles. The summed E-state index contributed by atoms with van der Waals surface area (Å²) in [6.45, 7) is 4.97. The Balaban J connectivity index is 1.70. The van der Waals surface area contributed by atoms with Crippen molar-refractivity contribution in [2.75, 3.05) is 6.54 Å². The molecular formula is C16H22N2O2S. The second-order valence-corrected chi connectivity index (χ2v) is 7.57. The van der Waals surface area contributed by atoms with E-state index in [9.17, 15) is 9.90 Å². The van der Waals surface area contributed by atoms with Gasteiger partial charge in [0.25, 0.3) is 0 Å². The van der Waals surface area contributed by atoms with Crippen LogP contribution in [-0.4, -0.2) is 39.6 Å². The van der Waals surface area contributed by atoms with Crippen molar-refractivity contribution < 1.29 is 9.90 Å². The van der Waals surface area contributed by atoms with Gasteiger partial charge in [-0.15, -0.1) is 11.3 Å². The van der Waals surface area contributed by atoms with Crippen LogP contribution in [0.25, 0.3) is 6.08 Å². The Morgan fingerprint density at radius 3 is 3.10 bits per heavy atom. The average molecular weight is 306 g/mol. The molecule has 0 radical (unpaired) electrons. The Bertz CT molecular complexity index is 568. The van der Waals surface area contributed by atoms with Gasteiger partial charge in [-0.05, 0) is 44.1 Å². The van der Waals surface area contributed by atoms with Crippen LogP contribution in [-0.2, 0) is 4.79 Å². The second kappa shape index (κ2) is 5.54. The monoisotopic (exact) mass is 306 g/mol. The number of hydrogen-bond donors (Lipinski definition) is 1. The van der Waals surface area contributed by atoms with Gasteiger partial charge in [-0.1, -0.05) is 6.92 Å². The summed E-state index contributed by atoms with van der Waals surface area (Å²) in [5.74, 6) is 0.0748. The maximum Gasteiger partial charge on any atom is 0.246 e. The number of likely N-dealkylation sites (tertiary alicyclic amines) is 1. The van der Waals surface area contributed by atoms with Gasteiger partial charge in [-0.3, -0.25) is 4.79 Å². The fourth-order valence-corrected chi connectivity index (χ4v) is 4.36. The highest BCUT2D eigenvalue weighted by molar-refractivity contribution is 7.09. The molecular weight excluding hydrogens is 284 g/mol. The van der Waals surface area contributed by atoms with Crippen molar-refractivity contribution >= 4 is 23.3 Å². The van der Waals surface area contributed by atoms with E-state index < -0.39 is 0 Å². The van der Waals surface area contributed by atoms with Crippen LogP contribution in [0.4, 0.5) is 0 Å². The van der Waals surface area contributed by atoms with E-state index in [1.807, 2.05) is 17.2 Å². The Morgan fingerprint density at radius 2 is 2.38 bits per heavy atom. The molecule has 3 atom stereocenters. The topological polar surface area (TPSA) is 53.4 Å². The summed E-state index contributed by atoms with van der Waals surface area (Å²) in [5.41, 5.74) is 0.935. The van der Waals surface area contributed by atoms with Gasteiger partial charge in [0.2, 0.25) is 5.91 Å². The number of aliphatic hydroxyl groups is 1. The molecule has 3 rings (SSSR count). The van der Waals surface area contributed by atoms with Gasteiger partial charge in [-0.2, -0.15) is 0 Å². The van der Waals surface area contributed by atoms with Crippen LogP contribution in [0.2, 0.25) is 0 Å². The number of thiazole rings is 1. The number of aromatic nitrogens is 1. The van der Waals surface area contributed by atoms with E-state index in [0.29, 0.717) is 0 Å². The number of nitrogens with zero attached hydrogens (tertiary/aromatic N) is 2. The third-order valence-electron chi connectivity index (χ3n) is 4.90. The van der Waals surface area contributed by atoms with Crippen molar-refractivity contribution in [1.82, 2.24) is 9.88 Å². The van der Waals surface area contributed by atoms with Crippen molar-refractivity contribution in [2.45, 2.75) is 51.7 Å². The predicted molar refractivity (Wildman–Crippen MR) is 84.0 cm³/mol. The molecule has 1 saturated heterocycles. The lowest BCUT2D eigenvalue weighted by Crippen LogP contribution is -2.45. The van der Waals surface area contributed by atoms with Gasteiger partial charge in [0.1, 0.15) is 0 Å². The molecule has 2 aliphatic rings. The maximum atomic E-state index is 12.5. The van der Waals surface area contributed by atoms with Crippen LogP contribution < -0.4 is 0 Å². The molecule has 0 spiro atoms. The van der Waals surface area contributed by atoms with Crippen molar-refractivity contribution in [2.24, 2.45) is 5.41 Å². The van der Waals surface area contributed by atoms with E-state index in [0.717, 1.165) is 42.9 Å². The smallest absolute Gasteiger partial charge is 0.246 e. The molecule has 1 N–H and O–H groups in total. The first-order valence-electron chi connectivity index (χ1n) is 7.57. The van der Waals surface area contributed by atoms with Crippen LogP contribution in [0, 0.1) is 12.3 Å². The van der Waals surface area contributed by atoms with E-state index in [2.05, 4.69) is 11.9 Å². The molecule has 21 heavy (non-hydrogen) atoms. The molecule has 5 heteroatoms. The highest BCUT2D eigenvalue weighted by atomic mass is 32.1. The van der Waals surface area contributed by atoms with E-state index in [-0.39, 0.29) is 23.5 Å². The largest absolute Gasteiger partial charge is 0.393 e. The summed E-state index contributed by atoms with van der Waals surface area (Å²) in [6, 6.07) is 0.273. The molecule has 1 aromatic heterocycles. The first kappa shape index (κ1) is 14.7. The summed E-state index contributed by atoms with van der Waals surface area (Å²) in [5, 5.41) is 12.8. The minimum absolute atomic E-state index is 0.0748. The van der Waals surface area contributed by atoms with Crippen molar-refractivity contribution in [3.8, 4) is 0 Å². The number of rotatable bonds is 2. The zero-order chi connectivity index (χ0) is 15.0. The Hall–Kier alpha value is -1.20. The summed E-state index contributed by atoms with van der Waals surface area (Å²) in [7, 11) is 0. The number of carbonyl (C=O) groups is 1. The van der Waals surface area contributed by atoms with Crippen LogP contribution >= 0.6 is 11.3 Å². The molecule has 2 fully saturated rings. The Morgan fingerprint density at radius 1 is 1.57 bits per heavy atom. The molecule has 0 bridgehead atoms. The van der Waals surface area contributed by atoms with Crippen molar-refractivity contribution in [1.29, 1.82) is 0 Å². The number of amides is 1. The van der Waals surface area contributed by atoms with Gasteiger partial charge in [0.05, 0.1) is 16.8 Å². The lowest BCUT2D eigenvalue weighted by molar-refractivity contribution is -0.129. The van der Waals surface area contributed by atoms with Crippen molar-refractivity contribution in [3.63, 3.8) is 0 Å². The third kappa shape index (κ3) is 2.90. The summed E-state index contributed by atoms with van der Waals surface area (Å²) in [6.07, 6.45) is 6.77. The molecule has 1 amide bonds. The normalized spacial score (nSPS) is 32.6. The maximum absolute atomic E-state index is 12.5. The molecule has 1 aliphatic carbocycles. The highest BCUT2D eigenvalue weighted by Crippen LogP contribution is 2.46. The lowest BCUT2D eigenvalue weighted by atomic mass is 9.71. The number of aryl methyl sites for hydroxylation is 1. The fraction of sp³-hybridized carbons (Fsp3) is 0.625.